The van der Waals surface area contributed by atoms with Crippen LogP contribution < -0.4 is 10.6 Å². The monoisotopic (exact) mass is 496 g/mol. The van der Waals surface area contributed by atoms with Crippen LogP contribution >= 0.6 is 0 Å². The largest absolute Gasteiger partial charge is 0.481 e. The van der Waals surface area contributed by atoms with Gasteiger partial charge in [0.1, 0.15) is 11.6 Å². The molecule has 7 heteroatoms. The third-order valence-corrected chi connectivity index (χ3v) is 8.17. The Morgan fingerprint density at radius 3 is 2.81 bits per heavy atom. The van der Waals surface area contributed by atoms with E-state index in [1.54, 1.807) is 0 Å². The molecule has 6 rings (SSSR count). The van der Waals surface area contributed by atoms with Gasteiger partial charge in [-0.1, -0.05) is 42.5 Å². The van der Waals surface area contributed by atoms with Gasteiger partial charge in [0.2, 0.25) is 5.91 Å². The van der Waals surface area contributed by atoms with E-state index < -0.39 is 5.97 Å². The van der Waals surface area contributed by atoms with E-state index in [1.165, 1.54) is 11.1 Å². The molecule has 3 atom stereocenters. The van der Waals surface area contributed by atoms with Gasteiger partial charge in [-0.2, -0.15) is 0 Å². The van der Waals surface area contributed by atoms with Gasteiger partial charge < -0.3 is 20.6 Å². The van der Waals surface area contributed by atoms with Gasteiger partial charge in [-0.05, 0) is 71.6 Å². The molecule has 190 valence electrons. The maximum atomic E-state index is 13.3. The minimum atomic E-state index is -0.755. The highest BCUT2D eigenvalue weighted by Crippen LogP contribution is 2.51. The number of amides is 1. The van der Waals surface area contributed by atoms with Crippen molar-refractivity contribution >= 4 is 29.2 Å². The van der Waals surface area contributed by atoms with Crippen molar-refractivity contribution in [1.82, 2.24) is 9.88 Å². The molecule has 2 aliphatic heterocycles. The molecule has 3 aromatic rings. The Kier molecular flexibility index (Phi) is 6.28. The normalized spacial score (nSPS) is 21.8. The van der Waals surface area contributed by atoms with Crippen LogP contribution in [0.2, 0.25) is 0 Å². The molecule has 0 bridgehead atoms. The molecule has 3 aliphatic rings. The van der Waals surface area contributed by atoms with E-state index in [4.69, 9.17) is 4.98 Å². The van der Waals surface area contributed by atoms with Gasteiger partial charge in [-0.3, -0.25) is 9.59 Å². The first kappa shape index (κ1) is 23.5. The van der Waals surface area contributed by atoms with Gasteiger partial charge in [0.05, 0.1) is 12.8 Å². The molecule has 37 heavy (non-hydrogen) atoms. The first-order valence-electron chi connectivity index (χ1n) is 13.2. The highest BCUT2D eigenvalue weighted by molar-refractivity contribution is 5.79. The van der Waals surface area contributed by atoms with E-state index in [-0.39, 0.29) is 30.1 Å². The van der Waals surface area contributed by atoms with E-state index in [9.17, 15) is 14.7 Å². The van der Waals surface area contributed by atoms with Gasteiger partial charge in [0.25, 0.3) is 0 Å². The molecule has 2 unspecified atom stereocenters. The summed E-state index contributed by atoms with van der Waals surface area (Å²) in [5.74, 6) is 1.62. The van der Waals surface area contributed by atoms with Crippen molar-refractivity contribution in [2.45, 2.75) is 43.9 Å². The molecule has 1 amide bonds. The molecule has 3 N–H and O–H groups in total. The van der Waals surface area contributed by atoms with Gasteiger partial charge in [-0.25, -0.2) is 4.98 Å². The zero-order chi connectivity index (χ0) is 25.4. The van der Waals surface area contributed by atoms with Crippen molar-refractivity contribution in [2.24, 2.45) is 5.92 Å². The number of carbonyl (C=O) groups excluding carboxylic acids is 1. The minimum absolute atomic E-state index is 0.0334. The van der Waals surface area contributed by atoms with Crippen molar-refractivity contribution in [3.05, 3.63) is 82.9 Å². The number of likely N-dealkylation sites (tertiary alicyclic amines) is 1. The number of hydrogen-bond acceptors (Lipinski definition) is 5. The number of carboxylic acid groups (broad SMARTS) is 1. The smallest absolute Gasteiger partial charge is 0.303 e. The second kappa shape index (κ2) is 9.88. The van der Waals surface area contributed by atoms with Gasteiger partial charge in [0, 0.05) is 31.2 Å². The molecule has 0 saturated carbocycles. The van der Waals surface area contributed by atoms with Crippen LogP contribution in [0.15, 0.2) is 60.7 Å². The third kappa shape index (κ3) is 4.78. The van der Waals surface area contributed by atoms with Gasteiger partial charge in [0.15, 0.2) is 0 Å². The lowest BCUT2D eigenvalue weighted by Crippen LogP contribution is -2.43. The number of pyridine rings is 1. The lowest BCUT2D eigenvalue weighted by Gasteiger charge is -2.37. The maximum Gasteiger partial charge on any atom is 0.303 e. The second-order valence-corrected chi connectivity index (χ2v) is 10.5. The highest BCUT2D eigenvalue weighted by Gasteiger charge is 2.44. The van der Waals surface area contributed by atoms with Crippen LogP contribution in [0.25, 0.3) is 0 Å². The van der Waals surface area contributed by atoms with E-state index in [1.807, 2.05) is 47.4 Å². The van der Waals surface area contributed by atoms with E-state index >= 15 is 0 Å². The average molecular weight is 497 g/mol. The fraction of sp³-hybridized carbons (Fsp3) is 0.367. The number of hydrogen-bond donors (Lipinski definition) is 3. The van der Waals surface area contributed by atoms with Crippen LogP contribution in [0.5, 0.6) is 0 Å². The molecule has 1 aromatic heterocycles. The molecule has 3 heterocycles. The summed E-state index contributed by atoms with van der Waals surface area (Å²) in [7, 11) is 0. The second-order valence-electron chi connectivity index (χ2n) is 10.5. The Morgan fingerprint density at radius 2 is 1.95 bits per heavy atom. The number of aliphatic carboxylic acids is 1. The summed E-state index contributed by atoms with van der Waals surface area (Å²) < 4.78 is 0. The number of aromatic nitrogens is 1. The summed E-state index contributed by atoms with van der Waals surface area (Å²) in [5.41, 5.74) is 5.49. The lowest BCUT2D eigenvalue weighted by molar-refractivity contribution is -0.138. The number of piperidine rings is 1. The Balaban J connectivity index is 1.13. The molecule has 0 spiro atoms. The van der Waals surface area contributed by atoms with Crippen molar-refractivity contribution in [3.63, 3.8) is 0 Å². The van der Waals surface area contributed by atoms with Crippen molar-refractivity contribution in [1.29, 1.82) is 0 Å². The topological polar surface area (TPSA) is 94.6 Å². The summed E-state index contributed by atoms with van der Waals surface area (Å²) in [6.07, 6.45) is 3.51. The summed E-state index contributed by atoms with van der Waals surface area (Å²) in [6, 6.07) is 20.3. The van der Waals surface area contributed by atoms with E-state index in [0.717, 1.165) is 54.3 Å². The summed E-state index contributed by atoms with van der Waals surface area (Å²) in [5, 5.41) is 16.2. The van der Waals surface area contributed by atoms with Crippen LogP contribution in [-0.4, -0.2) is 46.5 Å². The molecule has 1 saturated heterocycles. The highest BCUT2D eigenvalue weighted by atomic mass is 16.4. The van der Waals surface area contributed by atoms with Crippen LogP contribution in [0.4, 0.5) is 17.3 Å². The summed E-state index contributed by atoms with van der Waals surface area (Å²) in [4.78, 5) is 31.6. The van der Waals surface area contributed by atoms with Crippen LogP contribution in [0.1, 0.15) is 53.4 Å². The minimum Gasteiger partial charge on any atom is -0.481 e. The fourth-order valence-electron chi connectivity index (χ4n) is 6.47. The average Bonchev–Trinajstić information content (AvgIpc) is 3.21. The summed E-state index contributed by atoms with van der Waals surface area (Å²) >= 11 is 0. The SMILES string of the molecule is O=C(O)C[C@H]1c2ccccc2C2CN(C(=O)Cc3cccc(Nc4ccc5c(n4)NCCC5)c3)CCC21. The number of anilines is 3. The first-order chi connectivity index (χ1) is 18.0. The number of carboxylic acids is 1. The zero-order valence-corrected chi connectivity index (χ0v) is 20.8. The molecular formula is C30H32N4O3. The van der Waals surface area contributed by atoms with Crippen LogP contribution in [0.3, 0.4) is 0 Å². The first-order valence-corrected chi connectivity index (χ1v) is 13.2. The number of carbonyl (C=O) groups is 2. The Hall–Kier alpha value is -3.87. The maximum absolute atomic E-state index is 13.3. The Labute approximate surface area is 216 Å². The van der Waals surface area contributed by atoms with Crippen molar-refractivity contribution in [3.8, 4) is 0 Å². The number of nitrogens with zero attached hydrogens (tertiary/aromatic N) is 2. The third-order valence-electron chi connectivity index (χ3n) is 8.17. The van der Waals surface area contributed by atoms with E-state index in [2.05, 4.69) is 28.8 Å². The van der Waals surface area contributed by atoms with Gasteiger partial charge >= 0.3 is 5.97 Å². The summed E-state index contributed by atoms with van der Waals surface area (Å²) in [6.45, 7) is 2.28. The number of rotatable bonds is 6. The molecule has 1 aliphatic carbocycles. The quantitative estimate of drug-likeness (QED) is 0.448. The predicted octanol–water partition coefficient (Wildman–Crippen LogP) is 4.93. The van der Waals surface area contributed by atoms with Crippen molar-refractivity contribution < 1.29 is 14.7 Å². The molecule has 2 aromatic carbocycles. The van der Waals surface area contributed by atoms with Crippen LogP contribution in [-0.2, 0) is 22.4 Å². The number of fused-ring (bicyclic) bond motifs is 4. The number of aryl methyl sites for hydroxylation is 1. The number of nitrogens with one attached hydrogen (secondary N) is 2. The fourth-order valence-corrected chi connectivity index (χ4v) is 6.47. The standard InChI is InChI=1S/C30H32N4O3/c35-28(34-14-12-24-25(17-29(36)37)22-8-1-2-9-23(22)26(24)18-34)16-19-5-3-7-21(15-19)32-27-11-10-20-6-4-13-31-30(20)33-27/h1-3,5,7-11,15,24-26H,4,6,12-14,16-18H2,(H,36,37)(H2,31,32,33)/t24?,25-,26?/m0/s1. The van der Waals surface area contributed by atoms with Crippen molar-refractivity contribution in [2.75, 3.05) is 30.3 Å². The lowest BCUT2D eigenvalue weighted by atomic mass is 9.80. The number of benzene rings is 2. The Morgan fingerprint density at radius 1 is 1.08 bits per heavy atom. The predicted molar refractivity (Wildman–Crippen MR) is 143 cm³/mol. The van der Waals surface area contributed by atoms with Crippen LogP contribution in [0, 0.1) is 5.92 Å². The molecule has 0 radical (unpaired) electrons. The molecule has 7 nitrogen and oxygen atoms in total. The Bertz CT molecular complexity index is 1340. The zero-order valence-electron chi connectivity index (χ0n) is 20.8. The van der Waals surface area contributed by atoms with Gasteiger partial charge in [-0.15, -0.1) is 0 Å². The molecule has 1 fully saturated rings. The van der Waals surface area contributed by atoms with E-state index in [0.29, 0.717) is 19.5 Å². The molecular weight excluding hydrogens is 464 g/mol.